The van der Waals surface area contributed by atoms with Crippen molar-refractivity contribution >= 4 is 35.1 Å². The zero-order chi connectivity index (χ0) is 21.3. The maximum atomic E-state index is 12.9. The van der Waals surface area contributed by atoms with Crippen LogP contribution in [-0.2, 0) is 17.8 Å². The molecule has 160 valence electrons. The number of aromatic nitrogens is 2. The van der Waals surface area contributed by atoms with Gasteiger partial charge in [0.25, 0.3) is 0 Å². The molecule has 1 aliphatic heterocycles. The molecular weight excluding hydrogens is 423 g/mol. The van der Waals surface area contributed by atoms with E-state index in [0.717, 1.165) is 42.5 Å². The number of amides is 1. The predicted molar refractivity (Wildman–Crippen MR) is 118 cm³/mol. The zero-order valence-electron chi connectivity index (χ0n) is 16.9. The van der Waals surface area contributed by atoms with Crippen LogP contribution in [0.15, 0.2) is 24.4 Å². The van der Waals surface area contributed by atoms with E-state index in [1.807, 2.05) is 30.2 Å². The minimum absolute atomic E-state index is 0.0464. The Hall–Kier alpha value is -1.89. The molecule has 0 radical (unpaired) electrons. The number of nitrogens with zero attached hydrogens (tertiary/aromatic N) is 3. The number of anilines is 1. The molecule has 2 aromatic rings. The number of rotatable bonds is 5. The minimum Gasteiger partial charge on any atom is -0.393 e. The van der Waals surface area contributed by atoms with Gasteiger partial charge in [-0.1, -0.05) is 36.2 Å². The molecule has 1 fully saturated rings. The zero-order valence-corrected chi connectivity index (χ0v) is 18.5. The van der Waals surface area contributed by atoms with E-state index in [9.17, 15) is 9.90 Å². The first-order chi connectivity index (χ1) is 14.4. The second-order valence-electron chi connectivity index (χ2n) is 8.32. The van der Waals surface area contributed by atoms with Crippen molar-refractivity contribution in [2.75, 3.05) is 11.9 Å². The largest absolute Gasteiger partial charge is 0.393 e. The molecule has 4 rings (SSSR count). The first-order valence-corrected chi connectivity index (χ1v) is 11.2. The number of halogens is 2. The van der Waals surface area contributed by atoms with Gasteiger partial charge in [-0.25, -0.2) is 9.97 Å². The van der Waals surface area contributed by atoms with Crippen LogP contribution in [0.1, 0.15) is 55.3 Å². The summed E-state index contributed by atoms with van der Waals surface area (Å²) in [4.78, 5) is 23.9. The average molecular weight is 449 g/mol. The predicted octanol–water partition coefficient (Wildman–Crippen LogP) is 4.19. The van der Waals surface area contributed by atoms with Gasteiger partial charge in [0, 0.05) is 25.2 Å². The second kappa shape index (κ2) is 9.08. The molecule has 3 atom stereocenters. The van der Waals surface area contributed by atoms with Crippen LogP contribution in [0.4, 0.5) is 5.95 Å². The van der Waals surface area contributed by atoms with E-state index >= 15 is 0 Å². The Balaban J connectivity index is 1.39. The van der Waals surface area contributed by atoms with Crippen LogP contribution < -0.4 is 5.32 Å². The van der Waals surface area contributed by atoms with Crippen molar-refractivity contribution < 1.29 is 9.90 Å². The fourth-order valence-corrected chi connectivity index (χ4v) is 4.49. The lowest BCUT2D eigenvalue weighted by atomic mass is 9.96. The summed E-state index contributed by atoms with van der Waals surface area (Å²) >= 11 is 12.1. The Morgan fingerprint density at radius 3 is 2.90 bits per heavy atom. The first kappa shape index (κ1) is 21.3. The molecule has 1 unspecified atom stereocenters. The number of carbonyl (C=O) groups excluding carboxylic acids is 1. The van der Waals surface area contributed by atoms with Crippen molar-refractivity contribution in [3.05, 3.63) is 51.3 Å². The highest BCUT2D eigenvalue weighted by molar-refractivity contribution is 6.42. The van der Waals surface area contributed by atoms with Crippen LogP contribution in [0, 0.1) is 0 Å². The molecule has 0 spiro atoms. The monoisotopic (exact) mass is 448 g/mol. The maximum Gasteiger partial charge on any atom is 0.223 e. The molecule has 2 heterocycles. The van der Waals surface area contributed by atoms with Gasteiger partial charge in [0.05, 0.1) is 28.4 Å². The van der Waals surface area contributed by atoms with E-state index in [0.29, 0.717) is 35.5 Å². The Labute approximate surface area is 186 Å². The van der Waals surface area contributed by atoms with Gasteiger partial charge in [-0.3, -0.25) is 4.79 Å². The summed E-state index contributed by atoms with van der Waals surface area (Å²) in [7, 11) is 0. The van der Waals surface area contributed by atoms with Crippen LogP contribution in [0.3, 0.4) is 0 Å². The lowest BCUT2D eigenvalue weighted by Gasteiger charge is -2.29. The summed E-state index contributed by atoms with van der Waals surface area (Å²) in [5.74, 6) is 0.725. The summed E-state index contributed by atoms with van der Waals surface area (Å²) in [6.07, 6.45) is 5.22. The van der Waals surface area contributed by atoms with E-state index < -0.39 is 0 Å². The molecule has 2 aliphatic rings. The van der Waals surface area contributed by atoms with Crippen molar-refractivity contribution in [3.8, 4) is 0 Å². The number of aliphatic hydroxyl groups excluding tert-OH is 1. The van der Waals surface area contributed by atoms with Gasteiger partial charge in [0.2, 0.25) is 11.9 Å². The van der Waals surface area contributed by atoms with Crippen molar-refractivity contribution in [2.45, 2.75) is 63.6 Å². The molecular formula is C22H26Cl2N4O2. The number of fused-ring (bicyclic) bond motifs is 1. The lowest BCUT2D eigenvalue weighted by Crippen LogP contribution is -2.37. The van der Waals surface area contributed by atoms with Crippen molar-refractivity contribution in [3.63, 3.8) is 0 Å². The molecule has 1 amide bonds. The SMILES string of the molecule is CC(CC(=O)N1CCc2cnc(N[C@@H]3CC[C@@H](O)C3)nc2C1)c1ccc(Cl)c(Cl)c1. The average Bonchev–Trinajstić information content (AvgIpc) is 3.13. The van der Waals surface area contributed by atoms with Crippen LogP contribution >= 0.6 is 23.2 Å². The Morgan fingerprint density at radius 1 is 1.33 bits per heavy atom. The van der Waals surface area contributed by atoms with Gasteiger partial charge in [-0.2, -0.15) is 0 Å². The highest BCUT2D eigenvalue weighted by Crippen LogP contribution is 2.29. The highest BCUT2D eigenvalue weighted by Gasteiger charge is 2.26. The van der Waals surface area contributed by atoms with Gasteiger partial charge < -0.3 is 15.3 Å². The van der Waals surface area contributed by atoms with Crippen LogP contribution in [0.2, 0.25) is 10.0 Å². The normalized spacial score (nSPS) is 21.9. The van der Waals surface area contributed by atoms with Gasteiger partial charge in [0.15, 0.2) is 0 Å². The number of hydrogen-bond acceptors (Lipinski definition) is 5. The standard InChI is InChI=1S/C22H26Cl2N4O2/c1-13(14-2-5-18(23)19(24)9-14)8-21(30)28-7-6-15-11-25-22(27-20(15)12-28)26-16-3-4-17(29)10-16/h2,5,9,11,13,16-17,29H,3-4,6-8,10,12H2,1H3,(H,25,26,27)/t13?,16-,17-/m1/s1. The molecule has 1 aromatic carbocycles. The molecule has 1 saturated carbocycles. The molecule has 0 saturated heterocycles. The topological polar surface area (TPSA) is 78.4 Å². The van der Waals surface area contributed by atoms with Crippen molar-refractivity contribution in [1.82, 2.24) is 14.9 Å². The molecule has 30 heavy (non-hydrogen) atoms. The summed E-state index contributed by atoms with van der Waals surface area (Å²) < 4.78 is 0. The van der Waals surface area contributed by atoms with E-state index in [4.69, 9.17) is 23.2 Å². The lowest BCUT2D eigenvalue weighted by molar-refractivity contribution is -0.132. The van der Waals surface area contributed by atoms with Crippen LogP contribution in [0.25, 0.3) is 0 Å². The molecule has 8 heteroatoms. The molecule has 1 aromatic heterocycles. The van der Waals surface area contributed by atoms with E-state index in [1.54, 1.807) is 6.07 Å². The maximum absolute atomic E-state index is 12.9. The molecule has 0 bridgehead atoms. The summed E-state index contributed by atoms with van der Waals surface area (Å²) in [6.45, 7) is 3.19. The second-order valence-corrected chi connectivity index (χ2v) is 9.13. The summed E-state index contributed by atoms with van der Waals surface area (Å²) in [5, 5.41) is 14.1. The molecule has 1 aliphatic carbocycles. The fraction of sp³-hybridized carbons (Fsp3) is 0.500. The molecule has 2 N–H and O–H groups in total. The van der Waals surface area contributed by atoms with E-state index in [1.165, 1.54) is 0 Å². The molecule has 6 nitrogen and oxygen atoms in total. The minimum atomic E-state index is -0.245. The Morgan fingerprint density at radius 2 is 2.17 bits per heavy atom. The highest BCUT2D eigenvalue weighted by atomic mass is 35.5. The summed E-state index contributed by atoms with van der Waals surface area (Å²) in [5.41, 5.74) is 2.99. The van der Waals surface area contributed by atoms with Crippen molar-refractivity contribution in [1.29, 1.82) is 0 Å². The fourth-order valence-electron chi connectivity index (χ4n) is 4.18. The van der Waals surface area contributed by atoms with Crippen molar-refractivity contribution in [2.24, 2.45) is 0 Å². The first-order valence-electron chi connectivity index (χ1n) is 10.4. The number of aliphatic hydroxyl groups is 1. The van der Waals surface area contributed by atoms with Crippen LogP contribution in [0.5, 0.6) is 0 Å². The van der Waals surface area contributed by atoms with Crippen LogP contribution in [-0.4, -0.2) is 44.6 Å². The number of benzene rings is 1. The van der Waals surface area contributed by atoms with E-state index in [-0.39, 0.29) is 24.0 Å². The van der Waals surface area contributed by atoms with Gasteiger partial charge in [0.1, 0.15) is 0 Å². The van der Waals surface area contributed by atoms with Gasteiger partial charge in [-0.05, 0) is 54.9 Å². The number of carbonyl (C=O) groups is 1. The van der Waals surface area contributed by atoms with Gasteiger partial charge in [-0.15, -0.1) is 0 Å². The third-order valence-corrected chi connectivity index (χ3v) is 6.77. The quantitative estimate of drug-likeness (QED) is 0.716. The summed E-state index contributed by atoms with van der Waals surface area (Å²) in [6, 6.07) is 5.72. The third-order valence-electron chi connectivity index (χ3n) is 6.03. The van der Waals surface area contributed by atoms with E-state index in [2.05, 4.69) is 15.3 Å². The van der Waals surface area contributed by atoms with Gasteiger partial charge >= 0.3 is 0 Å². The Bertz CT molecular complexity index is 939. The number of nitrogens with one attached hydrogen (secondary N) is 1. The number of hydrogen-bond donors (Lipinski definition) is 2. The Kier molecular flexibility index (Phi) is 6.46. The smallest absolute Gasteiger partial charge is 0.223 e. The third kappa shape index (κ3) is 4.88.